The number of amides is 1. The second kappa shape index (κ2) is 10.1. The van der Waals surface area contributed by atoms with Crippen LogP contribution in [0.1, 0.15) is 5.56 Å². The van der Waals surface area contributed by atoms with Gasteiger partial charge in [0, 0.05) is 30.2 Å². The molecule has 1 rings (SSSR count). The van der Waals surface area contributed by atoms with E-state index in [-0.39, 0.29) is 19.0 Å². The summed E-state index contributed by atoms with van der Waals surface area (Å²) in [4.78, 5) is 12.9. The van der Waals surface area contributed by atoms with Crippen LogP contribution in [-0.2, 0) is 11.3 Å². The molecule has 120 valence electrons. The Labute approximate surface area is 141 Å². The summed E-state index contributed by atoms with van der Waals surface area (Å²) >= 11 is 12.1. The van der Waals surface area contributed by atoms with Crippen molar-refractivity contribution in [2.75, 3.05) is 33.8 Å². The number of likely N-dealkylation sites (N-methyl/N-ethyl adjacent to an activating group) is 1. The van der Waals surface area contributed by atoms with Gasteiger partial charge < -0.3 is 20.7 Å². The molecule has 0 heterocycles. The van der Waals surface area contributed by atoms with Crippen LogP contribution in [0.4, 0.5) is 0 Å². The summed E-state index contributed by atoms with van der Waals surface area (Å²) in [6, 6.07) is 3.33. The Balaban J connectivity index is 0.00000400. The zero-order valence-electron chi connectivity index (χ0n) is 12.0. The number of benzene rings is 1. The predicted molar refractivity (Wildman–Crippen MR) is 88.7 cm³/mol. The molecule has 0 aromatic heterocycles. The third-order valence-electron chi connectivity index (χ3n) is 2.50. The molecule has 5 nitrogen and oxygen atoms in total. The van der Waals surface area contributed by atoms with Crippen LogP contribution in [0.3, 0.4) is 0 Å². The zero-order chi connectivity index (χ0) is 15.1. The molecule has 8 heteroatoms. The largest absolute Gasteiger partial charge is 0.482 e. The van der Waals surface area contributed by atoms with Gasteiger partial charge in [0.2, 0.25) is 0 Å². The van der Waals surface area contributed by atoms with Gasteiger partial charge in [-0.1, -0.05) is 23.2 Å². The summed E-state index contributed by atoms with van der Waals surface area (Å²) in [6.07, 6.45) is 0. The van der Waals surface area contributed by atoms with Crippen LogP contribution in [0, 0.1) is 0 Å². The predicted octanol–water partition coefficient (Wildman–Crippen LogP) is 1.93. The summed E-state index contributed by atoms with van der Waals surface area (Å²) in [7, 11) is 4.00. The van der Waals surface area contributed by atoms with E-state index >= 15 is 0 Å². The van der Waals surface area contributed by atoms with Crippen molar-refractivity contribution in [3.63, 3.8) is 0 Å². The molecular formula is C13H20Cl3N3O2. The Hall–Kier alpha value is -0.720. The second-order valence-electron chi connectivity index (χ2n) is 4.61. The Morgan fingerprint density at radius 1 is 1.38 bits per heavy atom. The van der Waals surface area contributed by atoms with Gasteiger partial charge in [0.25, 0.3) is 5.91 Å². The fourth-order valence-electron chi connectivity index (χ4n) is 1.58. The minimum Gasteiger partial charge on any atom is -0.482 e. The number of primary amides is 1. The Bertz CT molecular complexity index is 470. The van der Waals surface area contributed by atoms with E-state index in [9.17, 15) is 4.79 Å². The fraction of sp³-hybridized carbons (Fsp3) is 0.462. The lowest BCUT2D eigenvalue weighted by atomic mass is 10.2. The van der Waals surface area contributed by atoms with E-state index in [4.69, 9.17) is 33.7 Å². The molecule has 0 bridgehead atoms. The van der Waals surface area contributed by atoms with Crippen molar-refractivity contribution < 1.29 is 9.53 Å². The van der Waals surface area contributed by atoms with E-state index in [2.05, 4.69) is 10.2 Å². The summed E-state index contributed by atoms with van der Waals surface area (Å²) < 4.78 is 5.35. The molecule has 0 fully saturated rings. The standard InChI is InChI=1S/C13H19Cl2N3O2.ClH/c1-18(2)4-3-17-7-9-5-10(14)6-11(15)13(9)20-8-12(16)19;/h5-6,17H,3-4,7-8H2,1-2H3,(H2,16,19);1H. The van der Waals surface area contributed by atoms with Gasteiger partial charge in [-0.2, -0.15) is 0 Å². The smallest absolute Gasteiger partial charge is 0.255 e. The zero-order valence-corrected chi connectivity index (χ0v) is 14.3. The molecule has 0 saturated carbocycles. The first-order valence-corrected chi connectivity index (χ1v) is 6.90. The third-order valence-corrected chi connectivity index (χ3v) is 2.99. The monoisotopic (exact) mass is 355 g/mol. The molecule has 0 aliphatic rings. The quantitative estimate of drug-likeness (QED) is 0.699. The number of rotatable bonds is 8. The number of carbonyl (C=O) groups excluding carboxylic acids is 1. The number of halogens is 3. The van der Waals surface area contributed by atoms with Crippen LogP contribution >= 0.6 is 35.6 Å². The Morgan fingerprint density at radius 3 is 2.62 bits per heavy atom. The van der Waals surface area contributed by atoms with Crippen LogP contribution in [0.2, 0.25) is 10.0 Å². The van der Waals surface area contributed by atoms with Crippen molar-refractivity contribution >= 4 is 41.5 Å². The van der Waals surface area contributed by atoms with E-state index < -0.39 is 5.91 Å². The molecule has 0 atom stereocenters. The van der Waals surface area contributed by atoms with Gasteiger partial charge in [0.05, 0.1) is 5.02 Å². The molecule has 0 saturated heterocycles. The maximum atomic E-state index is 10.8. The van der Waals surface area contributed by atoms with E-state index in [0.29, 0.717) is 22.3 Å². The van der Waals surface area contributed by atoms with Gasteiger partial charge in [-0.15, -0.1) is 12.4 Å². The maximum Gasteiger partial charge on any atom is 0.255 e. The van der Waals surface area contributed by atoms with Crippen LogP contribution in [0.15, 0.2) is 12.1 Å². The lowest BCUT2D eigenvalue weighted by molar-refractivity contribution is -0.119. The first-order chi connectivity index (χ1) is 9.40. The minimum absolute atomic E-state index is 0. The lowest BCUT2D eigenvalue weighted by Gasteiger charge is -2.15. The van der Waals surface area contributed by atoms with Crippen LogP contribution in [0.5, 0.6) is 5.75 Å². The summed E-state index contributed by atoms with van der Waals surface area (Å²) in [5, 5.41) is 4.14. The van der Waals surface area contributed by atoms with Gasteiger partial charge >= 0.3 is 0 Å². The highest BCUT2D eigenvalue weighted by Gasteiger charge is 2.11. The molecular weight excluding hydrogens is 337 g/mol. The maximum absolute atomic E-state index is 10.8. The molecule has 21 heavy (non-hydrogen) atoms. The molecule has 0 unspecified atom stereocenters. The summed E-state index contributed by atoms with van der Waals surface area (Å²) in [5.41, 5.74) is 5.87. The van der Waals surface area contributed by atoms with Crippen molar-refractivity contribution in [1.82, 2.24) is 10.2 Å². The SMILES string of the molecule is CN(C)CCNCc1cc(Cl)cc(Cl)c1OCC(N)=O.Cl. The highest BCUT2D eigenvalue weighted by Crippen LogP contribution is 2.32. The number of nitrogens with zero attached hydrogens (tertiary/aromatic N) is 1. The topological polar surface area (TPSA) is 67.6 Å². The number of ether oxygens (including phenoxy) is 1. The molecule has 0 aliphatic heterocycles. The number of hydrogen-bond donors (Lipinski definition) is 2. The Kier molecular flexibility index (Phi) is 9.74. The third kappa shape index (κ3) is 7.74. The number of carbonyl (C=O) groups is 1. The van der Waals surface area contributed by atoms with Gasteiger partial charge in [-0.25, -0.2) is 0 Å². The number of nitrogens with two attached hydrogens (primary N) is 1. The van der Waals surface area contributed by atoms with Crippen molar-refractivity contribution in [2.45, 2.75) is 6.54 Å². The first kappa shape index (κ1) is 20.3. The molecule has 1 aromatic rings. The van der Waals surface area contributed by atoms with Crippen LogP contribution in [0.25, 0.3) is 0 Å². The second-order valence-corrected chi connectivity index (χ2v) is 5.45. The molecule has 0 radical (unpaired) electrons. The van der Waals surface area contributed by atoms with Crippen molar-refractivity contribution in [2.24, 2.45) is 5.73 Å². The molecule has 0 spiro atoms. The van der Waals surface area contributed by atoms with Gasteiger partial charge in [-0.3, -0.25) is 4.79 Å². The Morgan fingerprint density at radius 2 is 2.05 bits per heavy atom. The molecule has 0 aliphatic carbocycles. The van der Waals surface area contributed by atoms with Gasteiger partial charge in [0.15, 0.2) is 6.61 Å². The van der Waals surface area contributed by atoms with Gasteiger partial charge in [-0.05, 0) is 26.2 Å². The van der Waals surface area contributed by atoms with E-state index in [1.165, 1.54) is 0 Å². The van der Waals surface area contributed by atoms with Crippen molar-refractivity contribution in [3.8, 4) is 5.75 Å². The summed E-state index contributed by atoms with van der Waals surface area (Å²) in [5.74, 6) is -0.116. The normalized spacial score (nSPS) is 10.3. The van der Waals surface area contributed by atoms with Gasteiger partial charge in [0.1, 0.15) is 5.75 Å². The van der Waals surface area contributed by atoms with E-state index in [0.717, 1.165) is 18.7 Å². The highest BCUT2D eigenvalue weighted by molar-refractivity contribution is 6.35. The molecule has 3 N–H and O–H groups in total. The van der Waals surface area contributed by atoms with E-state index in [1.54, 1.807) is 12.1 Å². The highest BCUT2D eigenvalue weighted by atomic mass is 35.5. The van der Waals surface area contributed by atoms with E-state index in [1.807, 2.05) is 14.1 Å². The van der Waals surface area contributed by atoms with Crippen LogP contribution < -0.4 is 15.8 Å². The first-order valence-electron chi connectivity index (χ1n) is 6.14. The number of nitrogens with one attached hydrogen (secondary N) is 1. The average molecular weight is 357 g/mol. The molecule has 1 amide bonds. The van der Waals surface area contributed by atoms with Crippen LogP contribution in [-0.4, -0.2) is 44.6 Å². The van der Waals surface area contributed by atoms with Crippen molar-refractivity contribution in [1.29, 1.82) is 0 Å². The minimum atomic E-state index is -0.553. The summed E-state index contributed by atoms with van der Waals surface area (Å²) in [6.45, 7) is 2.05. The average Bonchev–Trinajstić information content (AvgIpc) is 2.32. The fourth-order valence-corrected chi connectivity index (χ4v) is 2.17. The lowest BCUT2D eigenvalue weighted by Crippen LogP contribution is -2.26. The number of hydrogen-bond acceptors (Lipinski definition) is 4. The molecule has 1 aromatic carbocycles. The van der Waals surface area contributed by atoms with Crippen molar-refractivity contribution in [3.05, 3.63) is 27.7 Å².